The smallest absolute Gasteiger partial charge is 0.119 e. The highest BCUT2D eigenvalue weighted by molar-refractivity contribution is 5.47. The van der Waals surface area contributed by atoms with Gasteiger partial charge in [0.15, 0.2) is 0 Å². The molecule has 142 valence electrons. The summed E-state index contributed by atoms with van der Waals surface area (Å²) in [4.78, 5) is 0. The van der Waals surface area contributed by atoms with Crippen molar-refractivity contribution < 1.29 is 9.47 Å². The summed E-state index contributed by atoms with van der Waals surface area (Å²) in [6.07, 6.45) is 7.18. The third kappa shape index (κ3) is 7.81. The quantitative estimate of drug-likeness (QED) is 0.420. The van der Waals surface area contributed by atoms with E-state index in [1.54, 1.807) is 0 Å². The topological polar surface area (TPSA) is 30.5 Å². The van der Waals surface area contributed by atoms with Crippen LogP contribution < -0.4 is 14.8 Å². The van der Waals surface area contributed by atoms with Crippen molar-refractivity contribution in [2.24, 2.45) is 0 Å². The number of rotatable bonds is 13. The number of benzene rings is 2. The van der Waals surface area contributed by atoms with Crippen LogP contribution in [0.25, 0.3) is 0 Å². The van der Waals surface area contributed by atoms with Crippen LogP contribution in [-0.4, -0.2) is 13.2 Å². The molecule has 1 N–H and O–H groups in total. The lowest BCUT2D eigenvalue weighted by Gasteiger charge is -2.10. The molecule has 0 radical (unpaired) electrons. The van der Waals surface area contributed by atoms with Gasteiger partial charge in [-0.2, -0.15) is 0 Å². The van der Waals surface area contributed by atoms with Crippen LogP contribution >= 0.6 is 0 Å². The second-order valence-corrected chi connectivity index (χ2v) is 6.63. The first-order valence-electron chi connectivity index (χ1n) is 10.00. The molecule has 0 aliphatic heterocycles. The summed E-state index contributed by atoms with van der Waals surface area (Å²) < 4.78 is 11.5. The van der Waals surface area contributed by atoms with Gasteiger partial charge in [0.05, 0.1) is 13.2 Å². The molecule has 0 saturated carbocycles. The summed E-state index contributed by atoms with van der Waals surface area (Å²) in [5.41, 5.74) is 2.34. The van der Waals surface area contributed by atoms with Crippen molar-refractivity contribution in [3.8, 4) is 11.5 Å². The highest BCUT2D eigenvalue weighted by Crippen LogP contribution is 2.18. The normalized spacial score (nSPS) is 10.5. The molecule has 3 heteroatoms. The van der Waals surface area contributed by atoms with E-state index in [2.05, 4.69) is 43.4 Å². The van der Waals surface area contributed by atoms with Crippen molar-refractivity contribution in [3.63, 3.8) is 0 Å². The van der Waals surface area contributed by atoms with E-state index >= 15 is 0 Å². The lowest BCUT2D eigenvalue weighted by atomic mass is 10.2. The van der Waals surface area contributed by atoms with Crippen molar-refractivity contribution in [3.05, 3.63) is 54.1 Å². The highest BCUT2D eigenvalue weighted by Gasteiger charge is 1.98. The second kappa shape index (κ2) is 12.2. The molecule has 0 saturated heterocycles. The fourth-order valence-corrected chi connectivity index (χ4v) is 2.63. The minimum Gasteiger partial charge on any atom is -0.494 e. The van der Waals surface area contributed by atoms with Crippen LogP contribution in [-0.2, 0) is 6.54 Å². The summed E-state index contributed by atoms with van der Waals surface area (Å²) in [5.74, 6) is 1.89. The van der Waals surface area contributed by atoms with E-state index < -0.39 is 0 Å². The van der Waals surface area contributed by atoms with Gasteiger partial charge in [-0.1, -0.05) is 51.7 Å². The zero-order chi connectivity index (χ0) is 18.5. The van der Waals surface area contributed by atoms with Crippen LogP contribution in [0, 0.1) is 0 Å². The molecule has 26 heavy (non-hydrogen) atoms. The average molecular weight is 356 g/mol. The van der Waals surface area contributed by atoms with Crippen LogP contribution in [0.15, 0.2) is 48.5 Å². The van der Waals surface area contributed by atoms with E-state index in [0.29, 0.717) is 0 Å². The Kier molecular flexibility index (Phi) is 9.48. The molecule has 2 rings (SSSR count). The molecule has 0 bridgehead atoms. The first-order valence-corrected chi connectivity index (χ1v) is 10.00. The predicted molar refractivity (Wildman–Crippen MR) is 110 cm³/mol. The van der Waals surface area contributed by atoms with Gasteiger partial charge in [-0.05, 0) is 54.8 Å². The van der Waals surface area contributed by atoms with Crippen LogP contribution in [0.3, 0.4) is 0 Å². The van der Waals surface area contributed by atoms with Gasteiger partial charge in [-0.25, -0.2) is 0 Å². The Balaban J connectivity index is 1.70. The van der Waals surface area contributed by atoms with Crippen LogP contribution in [0.2, 0.25) is 0 Å². The summed E-state index contributed by atoms with van der Waals surface area (Å²) in [5, 5.41) is 3.45. The van der Waals surface area contributed by atoms with Crippen LogP contribution in [0.1, 0.15) is 57.9 Å². The van der Waals surface area contributed by atoms with Crippen LogP contribution in [0.5, 0.6) is 11.5 Å². The van der Waals surface area contributed by atoms with Crippen molar-refractivity contribution in [2.45, 2.75) is 58.9 Å². The number of nitrogens with one attached hydrogen (secondary N) is 1. The van der Waals surface area contributed by atoms with Crippen molar-refractivity contribution in [1.82, 2.24) is 0 Å². The van der Waals surface area contributed by atoms with E-state index in [4.69, 9.17) is 9.47 Å². The molecule has 0 fully saturated rings. The third-order valence-electron chi connectivity index (χ3n) is 4.31. The molecule has 2 aromatic rings. The standard InChI is InChI=1S/C23H33NO2/c1-3-5-7-8-18-26-23-15-11-21(12-16-23)24-19-20-9-13-22(14-10-20)25-17-6-4-2/h9-16,24H,3-8,17-19H2,1-2H3. The largest absolute Gasteiger partial charge is 0.494 e. The van der Waals surface area contributed by atoms with E-state index in [1.165, 1.54) is 24.8 Å². The van der Waals surface area contributed by atoms with Gasteiger partial charge in [-0.3, -0.25) is 0 Å². The number of ether oxygens (including phenoxy) is 2. The minimum atomic E-state index is 0.793. The molecule has 0 spiro atoms. The maximum Gasteiger partial charge on any atom is 0.119 e. The van der Waals surface area contributed by atoms with E-state index in [-0.39, 0.29) is 0 Å². The number of hydrogen-bond donors (Lipinski definition) is 1. The van der Waals surface area contributed by atoms with Gasteiger partial charge in [0.1, 0.15) is 11.5 Å². The molecule has 0 aliphatic rings. The van der Waals surface area contributed by atoms with Gasteiger partial charge in [0.2, 0.25) is 0 Å². The van der Waals surface area contributed by atoms with Gasteiger partial charge in [0.25, 0.3) is 0 Å². The fraction of sp³-hybridized carbons (Fsp3) is 0.478. The number of unbranched alkanes of at least 4 members (excludes halogenated alkanes) is 4. The average Bonchev–Trinajstić information content (AvgIpc) is 2.68. The van der Waals surface area contributed by atoms with Crippen molar-refractivity contribution in [2.75, 3.05) is 18.5 Å². The molecule has 0 atom stereocenters. The van der Waals surface area contributed by atoms with Gasteiger partial charge >= 0.3 is 0 Å². The maximum absolute atomic E-state index is 5.78. The Morgan fingerprint density at radius 2 is 1.23 bits per heavy atom. The molecular weight excluding hydrogens is 322 g/mol. The van der Waals surface area contributed by atoms with Crippen LogP contribution in [0.4, 0.5) is 5.69 Å². The molecule has 0 heterocycles. The first kappa shape index (κ1) is 20.2. The summed E-state index contributed by atoms with van der Waals surface area (Å²) in [6.45, 7) is 6.79. The zero-order valence-corrected chi connectivity index (χ0v) is 16.3. The Morgan fingerprint density at radius 1 is 0.654 bits per heavy atom. The lowest BCUT2D eigenvalue weighted by Crippen LogP contribution is -2.01. The summed E-state index contributed by atoms with van der Waals surface area (Å²) in [7, 11) is 0. The molecule has 3 nitrogen and oxygen atoms in total. The Hall–Kier alpha value is -2.16. The van der Waals surface area contributed by atoms with Gasteiger partial charge in [0, 0.05) is 12.2 Å². The van der Waals surface area contributed by atoms with Gasteiger partial charge in [-0.15, -0.1) is 0 Å². The van der Waals surface area contributed by atoms with E-state index in [9.17, 15) is 0 Å². The molecule has 0 aliphatic carbocycles. The molecular formula is C23H33NO2. The number of hydrogen-bond acceptors (Lipinski definition) is 3. The predicted octanol–water partition coefficient (Wildman–Crippen LogP) is 6.44. The third-order valence-corrected chi connectivity index (χ3v) is 4.31. The molecule has 0 unspecified atom stereocenters. The highest BCUT2D eigenvalue weighted by atomic mass is 16.5. The monoisotopic (exact) mass is 355 g/mol. The molecule has 0 aromatic heterocycles. The van der Waals surface area contributed by atoms with Crippen molar-refractivity contribution in [1.29, 1.82) is 0 Å². The van der Waals surface area contributed by atoms with Crippen molar-refractivity contribution >= 4 is 5.69 Å². The van der Waals surface area contributed by atoms with E-state index in [0.717, 1.165) is 56.2 Å². The fourth-order valence-electron chi connectivity index (χ4n) is 2.63. The second-order valence-electron chi connectivity index (χ2n) is 6.63. The van der Waals surface area contributed by atoms with Gasteiger partial charge < -0.3 is 14.8 Å². The molecule has 0 amide bonds. The Labute approximate surface area is 158 Å². The summed E-state index contributed by atoms with van der Waals surface area (Å²) in [6, 6.07) is 16.5. The SMILES string of the molecule is CCCCCCOc1ccc(NCc2ccc(OCCCC)cc2)cc1. The maximum atomic E-state index is 5.78. The zero-order valence-electron chi connectivity index (χ0n) is 16.3. The number of anilines is 1. The summed E-state index contributed by atoms with van der Waals surface area (Å²) >= 11 is 0. The first-order chi connectivity index (χ1) is 12.8. The lowest BCUT2D eigenvalue weighted by molar-refractivity contribution is 0.305. The van der Waals surface area contributed by atoms with E-state index in [1.807, 2.05) is 24.3 Å². The minimum absolute atomic E-state index is 0.793. The Bertz CT molecular complexity index is 593. The molecule has 2 aromatic carbocycles. The Morgan fingerprint density at radius 3 is 1.85 bits per heavy atom.